The normalized spacial score (nSPS) is 38.1. The molecule has 2 atom stereocenters. The first kappa shape index (κ1) is 5.52. The average molecular weight is 122 g/mol. The highest BCUT2D eigenvalue weighted by Gasteiger charge is 2.39. The van der Waals surface area contributed by atoms with E-state index in [1.807, 2.05) is 0 Å². The van der Waals surface area contributed by atoms with Gasteiger partial charge >= 0.3 is 0 Å². The quantitative estimate of drug-likeness (QED) is 0.494. The molecule has 0 N–H and O–H groups in total. The molecule has 0 aromatic carbocycles. The van der Waals surface area contributed by atoms with Crippen molar-refractivity contribution in [3.8, 4) is 0 Å². The van der Waals surface area contributed by atoms with Gasteiger partial charge in [0.25, 0.3) is 0 Å². The maximum atomic E-state index is 2.52. The second kappa shape index (κ2) is 1.86. The van der Waals surface area contributed by atoms with Gasteiger partial charge in [0.2, 0.25) is 0 Å². The standard InChI is InChI=1S/C9H14/c1-2-3-7-4-8-6-9(8)5-7/h4,8-9H,2-3,5-6H2,1H3. The topological polar surface area (TPSA) is 0 Å². The molecule has 0 heteroatoms. The van der Waals surface area contributed by atoms with Crippen molar-refractivity contribution in [3.63, 3.8) is 0 Å². The molecule has 50 valence electrons. The highest BCUT2D eigenvalue weighted by molar-refractivity contribution is 5.20. The first-order valence-electron chi connectivity index (χ1n) is 4.09. The van der Waals surface area contributed by atoms with E-state index < -0.39 is 0 Å². The zero-order valence-corrected chi connectivity index (χ0v) is 6.06. The molecule has 2 rings (SSSR count). The summed E-state index contributed by atoms with van der Waals surface area (Å²) in [5, 5.41) is 0. The van der Waals surface area contributed by atoms with Gasteiger partial charge in [-0.15, -0.1) is 0 Å². The summed E-state index contributed by atoms with van der Waals surface area (Å²) in [6.07, 6.45) is 8.18. The Morgan fingerprint density at radius 1 is 1.67 bits per heavy atom. The minimum Gasteiger partial charge on any atom is -0.0819 e. The molecule has 0 aliphatic heterocycles. The first-order chi connectivity index (χ1) is 4.40. The lowest BCUT2D eigenvalue weighted by Gasteiger charge is -1.97. The molecule has 0 radical (unpaired) electrons. The molecule has 0 saturated heterocycles. The summed E-state index contributed by atoms with van der Waals surface area (Å²) in [5.41, 5.74) is 1.75. The summed E-state index contributed by atoms with van der Waals surface area (Å²) in [6.45, 7) is 2.27. The Bertz CT molecular complexity index is 144. The molecule has 2 unspecified atom stereocenters. The van der Waals surface area contributed by atoms with Gasteiger partial charge < -0.3 is 0 Å². The highest BCUT2D eigenvalue weighted by Crippen LogP contribution is 2.50. The third-order valence-corrected chi connectivity index (χ3v) is 2.52. The van der Waals surface area contributed by atoms with Crippen LogP contribution in [0.4, 0.5) is 0 Å². The van der Waals surface area contributed by atoms with E-state index in [2.05, 4.69) is 13.0 Å². The Balaban J connectivity index is 1.92. The Morgan fingerprint density at radius 3 is 3.11 bits per heavy atom. The molecule has 0 nitrogen and oxygen atoms in total. The molecule has 2 aliphatic carbocycles. The molecule has 9 heavy (non-hydrogen) atoms. The number of hydrogen-bond donors (Lipinski definition) is 0. The van der Waals surface area contributed by atoms with Crippen LogP contribution in [-0.4, -0.2) is 0 Å². The van der Waals surface area contributed by atoms with Crippen molar-refractivity contribution in [1.82, 2.24) is 0 Å². The molecule has 2 aliphatic rings. The van der Waals surface area contributed by atoms with E-state index in [4.69, 9.17) is 0 Å². The van der Waals surface area contributed by atoms with Crippen molar-refractivity contribution >= 4 is 0 Å². The molecular formula is C9H14. The lowest BCUT2D eigenvalue weighted by Crippen LogP contribution is -1.79. The van der Waals surface area contributed by atoms with E-state index in [1.54, 1.807) is 5.57 Å². The van der Waals surface area contributed by atoms with E-state index in [1.165, 1.54) is 25.7 Å². The van der Waals surface area contributed by atoms with Crippen LogP contribution in [0.25, 0.3) is 0 Å². The number of hydrogen-bond acceptors (Lipinski definition) is 0. The van der Waals surface area contributed by atoms with Crippen molar-refractivity contribution in [2.45, 2.75) is 32.6 Å². The third kappa shape index (κ3) is 0.910. The number of allylic oxidation sites excluding steroid dienone is 2. The maximum Gasteiger partial charge on any atom is -0.0196 e. The van der Waals surface area contributed by atoms with Crippen molar-refractivity contribution in [3.05, 3.63) is 11.6 Å². The SMILES string of the molecule is CCCC1=CC2CC2C1. The fourth-order valence-electron chi connectivity index (χ4n) is 1.92. The van der Waals surface area contributed by atoms with E-state index in [0.717, 1.165) is 11.8 Å². The van der Waals surface area contributed by atoms with E-state index in [0.29, 0.717) is 0 Å². The van der Waals surface area contributed by atoms with Gasteiger partial charge in [-0.25, -0.2) is 0 Å². The zero-order valence-electron chi connectivity index (χ0n) is 6.06. The third-order valence-electron chi connectivity index (χ3n) is 2.52. The molecule has 0 aromatic heterocycles. The summed E-state index contributed by atoms with van der Waals surface area (Å²) >= 11 is 0. The summed E-state index contributed by atoms with van der Waals surface area (Å²) in [5.74, 6) is 2.14. The van der Waals surface area contributed by atoms with Gasteiger partial charge in [0.15, 0.2) is 0 Å². The fourth-order valence-corrected chi connectivity index (χ4v) is 1.92. The first-order valence-corrected chi connectivity index (χ1v) is 4.09. The molecular weight excluding hydrogens is 108 g/mol. The Hall–Kier alpha value is -0.260. The van der Waals surface area contributed by atoms with Crippen molar-refractivity contribution in [2.75, 3.05) is 0 Å². The summed E-state index contributed by atoms with van der Waals surface area (Å²) in [6, 6.07) is 0. The van der Waals surface area contributed by atoms with Crippen LogP contribution < -0.4 is 0 Å². The molecule has 1 saturated carbocycles. The molecule has 0 amide bonds. The van der Waals surface area contributed by atoms with Crippen molar-refractivity contribution < 1.29 is 0 Å². The lowest BCUT2D eigenvalue weighted by molar-refractivity contribution is 0.776. The van der Waals surface area contributed by atoms with Crippen molar-refractivity contribution in [1.29, 1.82) is 0 Å². The Morgan fingerprint density at radius 2 is 2.56 bits per heavy atom. The maximum absolute atomic E-state index is 2.52. The van der Waals surface area contributed by atoms with Gasteiger partial charge in [-0.2, -0.15) is 0 Å². The molecule has 0 spiro atoms. The van der Waals surface area contributed by atoms with Crippen LogP contribution >= 0.6 is 0 Å². The molecule has 1 fully saturated rings. The smallest absolute Gasteiger partial charge is 0.0196 e. The largest absolute Gasteiger partial charge is 0.0819 e. The lowest BCUT2D eigenvalue weighted by atomic mass is 10.1. The number of rotatable bonds is 2. The Labute approximate surface area is 57.0 Å². The van der Waals surface area contributed by atoms with Crippen LogP contribution in [0.3, 0.4) is 0 Å². The number of fused-ring (bicyclic) bond motifs is 1. The van der Waals surface area contributed by atoms with Crippen LogP contribution in [0, 0.1) is 11.8 Å². The van der Waals surface area contributed by atoms with Gasteiger partial charge in [-0.05, 0) is 31.1 Å². The predicted octanol–water partition coefficient (Wildman–Crippen LogP) is 2.75. The summed E-state index contributed by atoms with van der Waals surface area (Å²) in [4.78, 5) is 0. The average Bonchev–Trinajstić information content (AvgIpc) is 2.42. The van der Waals surface area contributed by atoms with Gasteiger partial charge in [-0.3, -0.25) is 0 Å². The van der Waals surface area contributed by atoms with Gasteiger partial charge in [0.05, 0.1) is 0 Å². The van der Waals surface area contributed by atoms with E-state index in [9.17, 15) is 0 Å². The van der Waals surface area contributed by atoms with Crippen LogP contribution in [0.5, 0.6) is 0 Å². The van der Waals surface area contributed by atoms with E-state index in [-0.39, 0.29) is 0 Å². The zero-order chi connectivity index (χ0) is 6.27. The van der Waals surface area contributed by atoms with Crippen LogP contribution in [0.1, 0.15) is 32.6 Å². The van der Waals surface area contributed by atoms with Crippen LogP contribution in [-0.2, 0) is 0 Å². The minimum absolute atomic E-state index is 1.03. The summed E-state index contributed by atoms with van der Waals surface area (Å²) in [7, 11) is 0. The summed E-state index contributed by atoms with van der Waals surface area (Å²) < 4.78 is 0. The Kier molecular flexibility index (Phi) is 1.14. The van der Waals surface area contributed by atoms with Crippen LogP contribution in [0.2, 0.25) is 0 Å². The van der Waals surface area contributed by atoms with Crippen LogP contribution in [0.15, 0.2) is 11.6 Å². The van der Waals surface area contributed by atoms with Gasteiger partial charge in [0.1, 0.15) is 0 Å². The van der Waals surface area contributed by atoms with Gasteiger partial charge in [0, 0.05) is 0 Å². The van der Waals surface area contributed by atoms with E-state index >= 15 is 0 Å². The monoisotopic (exact) mass is 122 g/mol. The fraction of sp³-hybridized carbons (Fsp3) is 0.778. The second-order valence-corrected chi connectivity index (χ2v) is 3.44. The highest BCUT2D eigenvalue weighted by atomic mass is 14.4. The van der Waals surface area contributed by atoms with Gasteiger partial charge in [-0.1, -0.05) is 25.0 Å². The predicted molar refractivity (Wildman–Crippen MR) is 39.2 cm³/mol. The molecule has 0 heterocycles. The van der Waals surface area contributed by atoms with Crippen molar-refractivity contribution in [2.24, 2.45) is 11.8 Å². The second-order valence-electron chi connectivity index (χ2n) is 3.44. The molecule has 0 bridgehead atoms. The minimum atomic E-state index is 1.03. The molecule has 0 aromatic rings.